The van der Waals surface area contributed by atoms with Crippen LogP contribution in [-0.2, 0) is 14.3 Å². The molecule has 5 rings (SSSR count). The van der Waals surface area contributed by atoms with Crippen molar-refractivity contribution in [2.45, 2.75) is 63.7 Å². The van der Waals surface area contributed by atoms with Crippen LogP contribution in [0.5, 0.6) is 0 Å². The van der Waals surface area contributed by atoms with Gasteiger partial charge in [0.2, 0.25) is 5.91 Å². The van der Waals surface area contributed by atoms with E-state index < -0.39 is 11.7 Å². The highest BCUT2D eigenvalue weighted by Gasteiger charge is 2.38. The monoisotopic (exact) mass is 586 g/mol. The van der Waals surface area contributed by atoms with E-state index in [1.165, 1.54) is 11.1 Å². The second kappa shape index (κ2) is 13.5. The van der Waals surface area contributed by atoms with Crippen LogP contribution in [0.3, 0.4) is 0 Å². The molecule has 2 aromatic carbocycles. The Morgan fingerprint density at radius 2 is 1.67 bits per heavy atom. The molecule has 2 N–H and O–H groups in total. The standard InChI is InChI=1S/C34H42N4O5/c1-34(2,3)43-32(40)35-18-7-8-24-11-13-26(14-12-24)31(25-9-5-4-6-10-25)27-15-19-37(20-16-27)33(41)38-21-17-29-28(22-38)36-30(39)23-42-29/h4-6,9-14,27-29,31H,15-23H2,1-3H3,(H,35,40)(H,36,39)/t28-,29+,31+/m1/s1. The van der Waals surface area contributed by atoms with Gasteiger partial charge in [0.15, 0.2) is 0 Å². The smallest absolute Gasteiger partial charge is 0.408 e. The second-order valence-electron chi connectivity index (χ2n) is 12.5. The number of urea groups is 1. The predicted octanol–water partition coefficient (Wildman–Crippen LogP) is 4.12. The lowest BCUT2D eigenvalue weighted by molar-refractivity contribution is -0.139. The van der Waals surface area contributed by atoms with E-state index in [0.29, 0.717) is 32.1 Å². The lowest BCUT2D eigenvalue weighted by atomic mass is 9.76. The van der Waals surface area contributed by atoms with Gasteiger partial charge in [0.25, 0.3) is 0 Å². The number of piperidine rings is 2. The largest absolute Gasteiger partial charge is 0.444 e. The van der Waals surface area contributed by atoms with Crippen LogP contribution < -0.4 is 10.6 Å². The molecule has 3 heterocycles. The van der Waals surface area contributed by atoms with Crippen LogP contribution in [0.15, 0.2) is 54.6 Å². The van der Waals surface area contributed by atoms with E-state index in [0.717, 1.165) is 24.8 Å². The van der Waals surface area contributed by atoms with Gasteiger partial charge in [0.05, 0.1) is 18.7 Å². The summed E-state index contributed by atoms with van der Waals surface area (Å²) in [7, 11) is 0. The molecule has 228 valence electrons. The fourth-order valence-electron chi connectivity index (χ4n) is 6.25. The summed E-state index contributed by atoms with van der Waals surface area (Å²) in [5.74, 6) is 6.59. The van der Waals surface area contributed by atoms with Gasteiger partial charge in [-0.05, 0) is 69.2 Å². The van der Waals surface area contributed by atoms with E-state index in [9.17, 15) is 14.4 Å². The highest BCUT2D eigenvalue weighted by molar-refractivity contribution is 5.79. The third-order valence-corrected chi connectivity index (χ3v) is 8.26. The zero-order valence-electron chi connectivity index (χ0n) is 25.3. The summed E-state index contributed by atoms with van der Waals surface area (Å²) in [6.07, 6.45) is 2.06. The number of benzene rings is 2. The van der Waals surface area contributed by atoms with Crippen molar-refractivity contribution in [1.82, 2.24) is 20.4 Å². The van der Waals surface area contributed by atoms with Crippen LogP contribution >= 0.6 is 0 Å². The SMILES string of the molecule is CC(C)(C)OC(=O)NCC#Cc1ccc([C@H](c2ccccc2)C2CCN(C(=O)N3CC[C@@H]4OCC(=O)N[C@@H]4C3)CC2)cc1. The van der Waals surface area contributed by atoms with Crippen LogP contribution in [0.25, 0.3) is 0 Å². The van der Waals surface area contributed by atoms with Gasteiger partial charge in [0, 0.05) is 37.7 Å². The molecule has 9 heteroatoms. The van der Waals surface area contributed by atoms with Gasteiger partial charge < -0.3 is 29.9 Å². The first-order valence-corrected chi connectivity index (χ1v) is 15.2. The zero-order valence-corrected chi connectivity index (χ0v) is 25.3. The zero-order chi connectivity index (χ0) is 30.4. The summed E-state index contributed by atoms with van der Waals surface area (Å²) in [5.41, 5.74) is 2.83. The lowest BCUT2D eigenvalue weighted by Crippen LogP contribution is -2.62. The van der Waals surface area contributed by atoms with E-state index in [4.69, 9.17) is 9.47 Å². The van der Waals surface area contributed by atoms with Crippen molar-refractivity contribution >= 4 is 18.0 Å². The summed E-state index contributed by atoms with van der Waals surface area (Å²) in [5, 5.41) is 5.65. The Balaban J connectivity index is 1.20. The van der Waals surface area contributed by atoms with Gasteiger partial charge in [0.1, 0.15) is 12.2 Å². The maximum Gasteiger partial charge on any atom is 0.408 e. The van der Waals surface area contributed by atoms with Gasteiger partial charge in [-0.3, -0.25) is 4.79 Å². The summed E-state index contributed by atoms with van der Waals surface area (Å²) >= 11 is 0. The molecule has 4 amide bonds. The quantitative estimate of drug-likeness (QED) is 0.526. The minimum atomic E-state index is -0.545. The van der Waals surface area contributed by atoms with Gasteiger partial charge >= 0.3 is 12.1 Å². The molecular formula is C34H42N4O5. The van der Waals surface area contributed by atoms with Crippen LogP contribution in [0.4, 0.5) is 9.59 Å². The molecule has 0 aromatic heterocycles. The Morgan fingerprint density at radius 3 is 2.37 bits per heavy atom. The first-order chi connectivity index (χ1) is 20.7. The molecule has 3 aliphatic rings. The normalized spacial score (nSPS) is 21.5. The number of amides is 4. The molecule has 0 radical (unpaired) electrons. The molecule has 3 fully saturated rings. The highest BCUT2D eigenvalue weighted by Crippen LogP contribution is 2.38. The number of nitrogens with zero attached hydrogens (tertiary/aromatic N) is 2. The Bertz CT molecular complexity index is 1340. The molecule has 0 saturated carbocycles. The van der Waals surface area contributed by atoms with Crippen LogP contribution in [0.1, 0.15) is 62.6 Å². The number of carbonyl (C=O) groups is 3. The second-order valence-corrected chi connectivity index (χ2v) is 12.5. The minimum absolute atomic E-state index is 0.00890. The molecule has 3 atom stereocenters. The van der Waals surface area contributed by atoms with Crippen molar-refractivity contribution < 1.29 is 23.9 Å². The Labute approximate surface area is 254 Å². The van der Waals surface area contributed by atoms with Crippen molar-refractivity contribution in [3.8, 4) is 11.8 Å². The molecule has 0 aliphatic carbocycles. The third-order valence-electron chi connectivity index (χ3n) is 8.26. The predicted molar refractivity (Wildman–Crippen MR) is 163 cm³/mol. The van der Waals surface area contributed by atoms with E-state index in [1.807, 2.05) is 48.8 Å². The molecule has 43 heavy (non-hydrogen) atoms. The van der Waals surface area contributed by atoms with E-state index in [2.05, 4.69) is 58.9 Å². The summed E-state index contributed by atoms with van der Waals surface area (Å²) in [4.78, 5) is 40.9. The highest BCUT2D eigenvalue weighted by atomic mass is 16.6. The van der Waals surface area contributed by atoms with Crippen molar-refractivity contribution in [2.75, 3.05) is 39.3 Å². The first kappa shape index (κ1) is 30.4. The van der Waals surface area contributed by atoms with E-state index in [-0.39, 0.29) is 43.2 Å². The number of hydrogen-bond acceptors (Lipinski definition) is 5. The molecule has 0 spiro atoms. The Morgan fingerprint density at radius 1 is 1.00 bits per heavy atom. The van der Waals surface area contributed by atoms with Crippen LogP contribution in [0.2, 0.25) is 0 Å². The topological polar surface area (TPSA) is 100 Å². The van der Waals surface area contributed by atoms with Gasteiger partial charge in [-0.15, -0.1) is 0 Å². The van der Waals surface area contributed by atoms with Crippen LogP contribution in [0, 0.1) is 17.8 Å². The molecule has 0 unspecified atom stereocenters. The number of rotatable bonds is 4. The van der Waals surface area contributed by atoms with Gasteiger partial charge in [-0.2, -0.15) is 0 Å². The van der Waals surface area contributed by atoms with Crippen molar-refractivity contribution in [1.29, 1.82) is 0 Å². The third kappa shape index (κ3) is 8.08. The Hall–Kier alpha value is -4.03. The number of alkyl carbamates (subject to hydrolysis) is 1. The fraction of sp³-hybridized carbons (Fsp3) is 0.500. The van der Waals surface area contributed by atoms with Crippen molar-refractivity contribution in [3.05, 3.63) is 71.3 Å². The van der Waals surface area contributed by atoms with Crippen molar-refractivity contribution in [2.24, 2.45) is 5.92 Å². The lowest BCUT2D eigenvalue weighted by Gasteiger charge is -2.44. The molecule has 3 saturated heterocycles. The number of morpholine rings is 1. The summed E-state index contributed by atoms with van der Waals surface area (Å²) < 4.78 is 10.9. The van der Waals surface area contributed by atoms with Crippen molar-refractivity contribution in [3.63, 3.8) is 0 Å². The van der Waals surface area contributed by atoms with Gasteiger partial charge in [-0.25, -0.2) is 9.59 Å². The van der Waals surface area contributed by atoms with E-state index >= 15 is 0 Å². The number of ether oxygens (including phenoxy) is 2. The number of fused-ring (bicyclic) bond motifs is 1. The van der Waals surface area contributed by atoms with Gasteiger partial charge in [-0.1, -0.05) is 54.3 Å². The fourth-order valence-corrected chi connectivity index (χ4v) is 6.25. The molecule has 2 aromatic rings. The number of carbonyl (C=O) groups excluding carboxylic acids is 3. The molecular weight excluding hydrogens is 544 g/mol. The number of hydrogen-bond donors (Lipinski definition) is 2. The number of nitrogens with one attached hydrogen (secondary N) is 2. The first-order valence-electron chi connectivity index (χ1n) is 15.2. The summed E-state index contributed by atoms with van der Waals surface area (Å²) in [6.45, 7) is 8.34. The maximum atomic E-state index is 13.4. The molecule has 0 bridgehead atoms. The summed E-state index contributed by atoms with van der Waals surface area (Å²) in [6, 6.07) is 18.8. The van der Waals surface area contributed by atoms with E-state index in [1.54, 1.807) is 0 Å². The Kier molecular flexibility index (Phi) is 9.56. The minimum Gasteiger partial charge on any atom is -0.444 e. The maximum absolute atomic E-state index is 13.4. The van der Waals surface area contributed by atoms with Crippen LogP contribution in [-0.4, -0.2) is 84.9 Å². The average molecular weight is 587 g/mol. The molecule has 3 aliphatic heterocycles. The molecule has 9 nitrogen and oxygen atoms in total. The average Bonchev–Trinajstić information content (AvgIpc) is 2.99. The number of likely N-dealkylation sites (tertiary alicyclic amines) is 2.